The average molecular weight is 360 g/mol. The normalized spacial score (nSPS) is 10.8. The Balaban J connectivity index is 1.93. The van der Waals surface area contributed by atoms with E-state index >= 15 is 0 Å². The zero-order valence-electron chi connectivity index (χ0n) is 16.2. The Morgan fingerprint density at radius 1 is 1.04 bits per heavy atom. The molecule has 0 saturated carbocycles. The summed E-state index contributed by atoms with van der Waals surface area (Å²) in [4.78, 5) is 4.23. The Bertz CT molecular complexity index is 693. The lowest BCUT2D eigenvalue weighted by Gasteiger charge is -2.20. The molecule has 0 heterocycles. The number of methoxy groups -OCH3 is 1. The van der Waals surface area contributed by atoms with E-state index in [0.29, 0.717) is 18.9 Å². The van der Waals surface area contributed by atoms with Crippen LogP contribution in [0.5, 0.6) is 11.5 Å². The van der Waals surface area contributed by atoms with E-state index in [9.17, 15) is 4.39 Å². The first-order chi connectivity index (χ1) is 12.5. The molecule has 4 nitrogen and oxygen atoms in total. The van der Waals surface area contributed by atoms with E-state index in [1.165, 1.54) is 0 Å². The van der Waals surface area contributed by atoms with E-state index in [4.69, 9.17) is 9.47 Å². The molecule has 0 spiro atoms. The molecule has 0 aliphatic rings. The van der Waals surface area contributed by atoms with Crippen molar-refractivity contribution in [2.75, 3.05) is 45.8 Å². The third-order valence-corrected chi connectivity index (χ3v) is 4.25. The summed E-state index contributed by atoms with van der Waals surface area (Å²) in [6.07, 6.45) is 1.10. The molecule has 0 aliphatic carbocycles. The second-order valence-corrected chi connectivity index (χ2v) is 6.47. The van der Waals surface area contributed by atoms with Gasteiger partial charge in [0.05, 0.1) is 7.11 Å². The summed E-state index contributed by atoms with van der Waals surface area (Å²) in [7, 11) is 5.66. The smallest absolute Gasteiger partial charge is 0.165 e. The molecular weight excluding hydrogens is 331 g/mol. The minimum atomic E-state index is -0.320. The van der Waals surface area contributed by atoms with Crippen LogP contribution in [0.15, 0.2) is 42.5 Å². The van der Waals surface area contributed by atoms with Gasteiger partial charge in [0.15, 0.2) is 11.6 Å². The predicted molar refractivity (Wildman–Crippen MR) is 105 cm³/mol. The van der Waals surface area contributed by atoms with Gasteiger partial charge in [0.25, 0.3) is 0 Å². The zero-order chi connectivity index (χ0) is 18.9. The Labute approximate surface area is 156 Å². The van der Waals surface area contributed by atoms with Gasteiger partial charge in [-0.3, -0.25) is 0 Å². The quantitative estimate of drug-likeness (QED) is 0.634. The van der Waals surface area contributed by atoms with Crippen LogP contribution in [0.3, 0.4) is 0 Å². The van der Waals surface area contributed by atoms with Crippen molar-refractivity contribution in [2.45, 2.75) is 19.9 Å². The highest BCUT2D eigenvalue weighted by molar-refractivity contribution is 5.50. The number of benzene rings is 2. The molecule has 0 amide bonds. The van der Waals surface area contributed by atoms with Crippen molar-refractivity contribution in [3.63, 3.8) is 0 Å². The zero-order valence-corrected chi connectivity index (χ0v) is 16.2. The molecule has 0 fully saturated rings. The lowest BCUT2D eigenvalue weighted by atomic mass is 10.2. The van der Waals surface area contributed by atoms with Crippen molar-refractivity contribution in [3.8, 4) is 11.5 Å². The average Bonchev–Trinajstić information content (AvgIpc) is 2.63. The number of ether oxygens (including phenoxy) is 2. The van der Waals surface area contributed by atoms with Crippen LogP contribution in [0.25, 0.3) is 0 Å². The van der Waals surface area contributed by atoms with Crippen LogP contribution in [0.2, 0.25) is 0 Å². The van der Waals surface area contributed by atoms with E-state index in [2.05, 4.69) is 16.7 Å². The maximum atomic E-state index is 14.3. The number of hydrogen-bond donors (Lipinski definition) is 0. The summed E-state index contributed by atoms with van der Waals surface area (Å²) in [5, 5.41) is 0. The fraction of sp³-hybridized carbons (Fsp3) is 0.429. The first-order valence-corrected chi connectivity index (χ1v) is 8.98. The lowest BCUT2D eigenvalue weighted by Crippen LogP contribution is -2.25. The van der Waals surface area contributed by atoms with Gasteiger partial charge < -0.3 is 19.3 Å². The molecule has 0 saturated heterocycles. The fourth-order valence-corrected chi connectivity index (χ4v) is 2.78. The minimum Gasteiger partial charge on any atom is -0.497 e. The van der Waals surface area contributed by atoms with E-state index in [1.807, 2.05) is 44.4 Å². The van der Waals surface area contributed by atoms with Crippen LogP contribution >= 0.6 is 0 Å². The number of rotatable bonds is 10. The van der Waals surface area contributed by atoms with Crippen LogP contribution in [0.4, 0.5) is 10.1 Å². The summed E-state index contributed by atoms with van der Waals surface area (Å²) in [6.45, 7) is 5.02. The number of likely N-dealkylation sites (N-methyl/N-ethyl adjacent to an activating group) is 1. The largest absolute Gasteiger partial charge is 0.497 e. The number of anilines is 1. The van der Waals surface area contributed by atoms with E-state index in [-0.39, 0.29) is 5.82 Å². The van der Waals surface area contributed by atoms with Gasteiger partial charge in [-0.2, -0.15) is 0 Å². The Morgan fingerprint density at radius 3 is 2.54 bits per heavy atom. The van der Waals surface area contributed by atoms with Gasteiger partial charge >= 0.3 is 0 Å². The molecule has 0 atom stereocenters. The van der Waals surface area contributed by atoms with Gasteiger partial charge in [0.1, 0.15) is 12.4 Å². The second kappa shape index (κ2) is 10.0. The molecule has 0 bridgehead atoms. The molecule has 2 aromatic rings. The highest BCUT2D eigenvalue weighted by Gasteiger charge is 2.08. The van der Waals surface area contributed by atoms with E-state index in [0.717, 1.165) is 36.5 Å². The van der Waals surface area contributed by atoms with E-state index in [1.54, 1.807) is 19.2 Å². The van der Waals surface area contributed by atoms with Crippen LogP contribution in [0.1, 0.15) is 18.9 Å². The van der Waals surface area contributed by atoms with Crippen molar-refractivity contribution >= 4 is 5.69 Å². The first kappa shape index (κ1) is 20.0. The van der Waals surface area contributed by atoms with Crippen molar-refractivity contribution in [1.82, 2.24) is 4.90 Å². The van der Waals surface area contributed by atoms with Crippen molar-refractivity contribution in [1.29, 1.82) is 0 Å². The highest BCUT2D eigenvalue weighted by Crippen LogP contribution is 2.23. The Hall–Kier alpha value is -2.27. The summed E-state index contributed by atoms with van der Waals surface area (Å²) >= 11 is 0. The Kier molecular flexibility index (Phi) is 7.73. The molecule has 2 rings (SSSR count). The molecule has 0 aliphatic heterocycles. The van der Waals surface area contributed by atoms with Crippen LogP contribution in [-0.4, -0.2) is 45.8 Å². The summed E-state index contributed by atoms with van der Waals surface area (Å²) in [5.41, 5.74) is 1.91. The third kappa shape index (κ3) is 5.92. The van der Waals surface area contributed by atoms with Crippen molar-refractivity contribution in [2.24, 2.45) is 0 Å². The predicted octanol–water partition coefficient (Wildman–Crippen LogP) is 4.19. The summed E-state index contributed by atoms with van der Waals surface area (Å²) in [5.74, 6) is 0.791. The van der Waals surface area contributed by atoms with Gasteiger partial charge in [-0.1, -0.05) is 19.1 Å². The van der Waals surface area contributed by atoms with Gasteiger partial charge in [-0.05, 0) is 49.8 Å². The molecule has 5 heteroatoms. The minimum absolute atomic E-state index is 0.308. The van der Waals surface area contributed by atoms with Gasteiger partial charge in [-0.25, -0.2) is 4.39 Å². The highest BCUT2D eigenvalue weighted by atomic mass is 19.1. The van der Waals surface area contributed by atoms with Crippen LogP contribution in [0, 0.1) is 5.82 Å². The molecule has 26 heavy (non-hydrogen) atoms. The first-order valence-electron chi connectivity index (χ1n) is 8.98. The monoisotopic (exact) mass is 360 g/mol. The van der Waals surface area contributed by atoms with Gasteiger partial charge in [-0.15, -0.1) is 0 Å². The maximum Gasteiger partial charge on any atom is 0.165 e. The molecule has 0 aromatic heterocycles. The van der Waals surface area contributed by atoms with Crippen molar-refractivity contribution < 1.29 is 13.9 Å². The van der Waals surface area contributed by atoms with Gasteiger partial charge in [0.2, 0.25) is 0 Å². The van der Waals surface area contributed by atoms with Gasteiger partial charge in [0, 0.05) is 31.9 Å². The third-order valence-electron chi connectivity index (χ3n) is 4.25. The molecule has 0 unspecified atom stereocenters. The standard InChI is InChI=1S/C21H29FN2O2/c1-5-11-23(2)12-13-26-21-10-9-17(14-20(21)22)16-24(3)18-7-6-8-19(15-18)25-4/h6-10,14-15H,5,11-13,16H2,1-4H3. The SMILES string of the molecule is CCCN(C)CCOc1ccc(CN(C)c2cccc(OC)c2)cc1F. The molecular formula is C21H29FN2O2. The summed E-state index contributed by atoms with van der Waals surface area (Å²) in [6, 6.07) is 13.0. The maximum absolute atomic E-state index is 14.3. The van der Waals surface area contributed by atoms with Crippen molar-refractivity contribution in [3.05, 3.63) is 53.8 Å². The Morgan fingerprint density at radius 2 is 1.85 bits per heavy atom. The number of hydrogen-bond acceptors (Lipinski definition) is 4. The fourth-order valence-electron chi connectivity index (χ4n) is 2.78. The second-order valence-electron chi connectivity index (χ2n) is 6.47. The molecule has 2 aromatic carbocycles. The topological polar surface area (TPSA) is 24.9 Å². The lowest BCUT2D eigenvalue weighted by molar-refractivity contribution is 0.231. The van der Waals surface area contributed by atoms with E-state index < -0.39 is 0 Å². The molecule has 0 radical (unpaired) electrons. The van der Waals surface area contributed by atoms with Crippen LogP contribution in [-0.2, 0) is 6.54 Å². The summed E-state index contributed by atoms with van der Waals surface area (Å²) < 4.78 is 25.2. The number of halogens is 1. The number of nitrogens with zero attached hydrogens (tertiary/aromatic N) is 2. The van der Waals surface area contributed by atoms with Crippen LogP contribution < -0.4 is 14.4 Å². The molecule has 142 valence electrons. The molecule has 0 N–H and O–H groups in total.